The molecule has 10 heteroatoms. The molecule has 0 unspecified atom stereocenters. The highest BCUT2D eigenvalue weighted by Crippen LogP contribution is 2.22. The van der Waals surface area contributed by atoms with Gasteiger partial charge in [-0.05, 0) is 36.8 Å². The van der Waals surface area contributed by atoms with E-state index in [4.69, 9.17) is 21.6 Å². The molecule has 0 saturated heterocycles. The van der Waals surface area contributed by atoms with E-state index in [-0.39, 0.29) is 13.0 Å². The van der Waals surface area contributed by atoms with Gasteiger partial charge in [-0.2, -0.15) is 5.26 Å². The van der Waals surface area contributed by atoms with E-state index < -0.39 is 35.1 Å². The van der Waals surface area contributed by atoms with Gasteiger partial charge in [0.25, 0.3) is 5.91 Å². The summed E-state index contributed by atoms with van der Waals surface area (Å²) in [6.07, 6.45) is 1.06. The second-order valence-corrected chi connectivity index (χ2v) is 8.99. The topological polar surface area (TPSA) is 108 Å². The van der Waals surface area contributed by atoms with Crippen LogP contribution in [0.15, 0.2) is 48.5 Å². The minimum Gasteiger partial charge on any atom is -0.454 e. The van der Waals surface area contributed by atoms with Crippen LogP contribution in [-0.4, -0.2) is 46.2 Å². The molecule has 0 spiro atoms. The van der Waals surface area contributed by atoms with Crippen LogP contribution in [0.5, 0.6) is 0 Å². The summed E-state index contributed by atoms with van der Waals surface area (Å²) in [5.41, 5.74) is 1.48. The predicted molar refractivity (Wildman–Crippen MR) is 118 cm³/mol. The van der Waals surface area contributed by atoms with Crippen molar-refractivity contribution in [2.45, 2.75) is 13.3 Å². The minimum absolute atomic E-state index is 0.0708. The summed E-state index contributed by atoms with van der Waals surface area (Å²) in [5, 5.41) is 9.27. The number of anilines is 2. The molecule has 164 valence electrons. The predicted octanol–water partition coefficient (Wildman–Crippen LogP) is 2.90. The van der Waals surface area contributed by atoms with Crippen LogP contribution in [0.4, 0.5) is 11.4 Å². The van der Waals surface area contributed by atoms with E-state index >= 15 is 0 Å². The molecule has 0 N–H and O–H groups in total. The highest BCUT2D eigenvalue weighted by Gasteiger charge is 2.24. The Kier molecular flexibility index (Phi) is 8.42. The first-order chi connectivity index (χ1) is 14.6. The molecular weight excluding hydrogens is 442 g/mol. The van der Waals surface area contributed by atoms with Gasteiger partial charge in [0.1, 0.15) is 6.54 Å². The molecule has 2 aromatic carbocycles. The van der Waals surface area contributed by atoms with Crippen LogP contribution >= 0.6 is 11.6 Å². The van der Waals surface area contributed by atoms with E-state index in [0.717, 1.165) is 10.6 Å². The number of para-hydroxylation sites is 1. The molecule has 31 heavy (non-hydrogen) atoms. The molecule has 0 heterocycles. The number of aryl methyl sites for hydroxylation is 1. The van der Waals surface area contributed by atoms with E-state index in [1.54, 1.807) is 55.5 Å². The molecule has 8 nitrogen and oxygen atoms in total. The van der Waals surface area contributed by atoms with Crippen molar-refractivity contribution in [3.8, 4) is 6.07 Å². The number of nitriles is 1. The number of rotatable bonds is 9. The molecule has 2 rings (SSSR count). The van der Waals surface area contributed by atoms with Gasteiger partial charge >= 0.3 is 5.97 Å². The third-order valence-corrected chi connectivity index (χ3v) is 5.64. The van der Waals surface area contributed by atoms with Crippen molar-refractivity contribution in [2.75, 3.05) is 35.2 Å². The van der Waals surface area contributed by atoms with Gasteiger partial charge < -0.3 is 9.64 Å². The maximum Gasteiger partial charge on any atom is 0.327 e. The van der Waals surface area contributed by atoms with Crippen molar-refractivity contribution in [3.63, 3.8) is 0 Å². The molecule has 0 aromatic heterocycles. The summed E-state index contributed by atoms with van der Waals surface area (Å²) >= 11 is 5.98. The first-order valence-corrected chi connectivity index (χ1v) is 11.5. The second-order valence-electron chi connectivity index (χ2n) is 6.65. The lowest BCUT2D eigenvalue weighted by molar-refractivity contribution is -0.146. The van der Waals surface area contributed by atoms with Crippen LogP contribution in [0.25, 0.3) is 0 Å². The van der Waals surface area contributed by atoms with Crippen molar-refractivity contribution in [1.29, 1.82) is 5.26 Å². The quantitative estimate of drug-likeness (QED) is 0.529. The Balaban J connectivity index is 2.10. The monoisotopic (exact) mass is 463 g/mol. The van der Waals surface area contributed by atoms with Gasteiger partial charge in [0.15, 0.2) is 6.61 Å². The van der Waals surface area contributed by atoms with E-state index in [1.165, 1.54) is 4.90 Å². The fourth-order valence-electron chi connectivity index (χ4n) is 2.81. The van der Waals surface area contributed by atoms with E-state index in [2.05, 4.69) is 0 Å². The van der Waals surface area contributed by atoms with Crippen LogP contribution < -0.4 is 9.21 Å². The smallest absolute Gasteiger partial charge is 0.327 e. The van der Waals surface area contributed by atoms with E-state index in [0.29, 0.717) is 22.0 Å². The Hall–Kier alpha value is -3.09. The van der Waals surface area contributed by atoms with Gasteiger partial charge in [-0.1, -0.05) is 35.9 Å². The van der Waals surface area contributed by atoms with Crippen molar-refractivity contribution in [1.82, 2.24) is 0 Å². The number of carbonyl (C=O) groups is 2. The number of amides is 1. The fraction of sp³-hybridized carbons (Fsp3) is 0.286. The summed E-state index contributed by atoms with van der Waals surface area (Å²) in [5.74, 6) is -1.44. The average Bonchev–Trinajstić information content (AvgIpc) is 2.70. The summed E-state index contributed by atoms with van der Waals surface area (Å²) in [4.78, 5) is 26.3. The molecule has 2 aromatic rings. The van der Waals surface area contributed by atoms with Crippen LogP contribution in [0.1, 0.15) is 12.0 Å². The molecule has 0 aliphatic rings. The van der Waals surface area contributed by atoms with Crippen molar-refractivity contribution < 1.29 is 22.7 Å². The number of carbonyl (C=O) groups excluding carboxylic acids is 2. The zero-order chi connectivity index (χ0) is 23.0. The SMILES string of the molecule is Cc1ccccc1N(CC(=O)OCC(=O)N(CCC#N)c1cccc(Cl)c1)S(C)(=O)=O. The number of benzene rings is 2. The highest BCUT2D eigenvalue weighted by molar-refractivity contribution is 7.92. The lowest BCUT2D eigenvalue weighted by Crippen LogP contribution is -2.39. The second kappa shape index (κ2) is 10.8. The highest BCUT2D eigenvalue weighted by atomic mass is 35.5. The van der Waals surface area contributed by atoms with E-state index in [9.17, 15) is 18.0 Å². The summed E-state index contributed by atoms with van der Waals surface area (Å²) < 4.78 is 30.4. The third kappa shape index (κ3) is 6.98. The van der Waals surface area contributed by atoms with Crippen LogP contribution in [-0.2, 0) is 24.3 Å². The maximum absolute atomic E-state index is 12.6. The Labute approximate surface area is 186 Å². The van der Waals surface area contributed by atoms with Crippen molar-refractivity contribution in [3.05, 3.63) is 59.1 Å². The molecule has 0 bridgehead atoms. The van der Waals surface area contributed by atoms with Crippen molar-refractivity contribution in [2.24, 2.45) is 0 Å². The Morgan fingerprint density at radius 1 is 1.16 bits per heavy atom. The molecule has 0 atom stereocenters. The molecule has 0 aliphatic carbocycles. The number of hydrogen-bond donors (Lipinski definition) is 0. The normalized spacial score (nSPS) is 10.8. The molecule has 0 fully saturated rings. The molecular formula is C21H22ClN3O5S. The standard InChI is InChI=1S/C21H22ClN3O5S/c1-16-7-3-4-10-19(16)25(31(2,28)29)14-21(27)30-15-20(26)24(12-6-11-23)18-9-5-8-17(22)13-18/h3-5,7-10,13H,6,12,14-15H2,1-2H3. The number of halogens is 1. The number of sulfonamides is 1. The maximum atomic E-state index is 12.6. The fourth-order valence-corrected chi connectivity index (χ4v) is 3.90. The third-order valence-electron chi connectivity index (χ3n) is 4.28. The lowest BCUT2D eigenvalue weighted by Gasteiger charge is -2.24. The molecule has 0 saturated carbocycles. The zero-order valence-corrected chi connectivity index (χ0v) is 18.7. The Morgan fingerprint density at radius 3 is 2.48 bits per heavy atom. The zero-order valence-electron chi connectivity index (χ0n) is 17.1. The summed E-state index contributed by atoms with van der Waals surface area (Å²) in [6.45, 7) is 0.626. The Morgan fingerprint density at radius 2 is 1.87 bits per heavy atom. The number of hydrogen-bond acceptors (Lipinski definition) is 6. The minimum atomic E-state index is -3.76. The van der Waals surface area contributed by atoms with Crippen LogP contribution in [0.3, 0.4) is 0 Å². The first-order valence-electron chi connectivity index (χ1n) is 9.25. The molecule has 0 aliphatic heterocycles. The summed E-state index contributed by atoms with van der Waals surface area (Å²) in [6, 6.07) is 15.2. The Bertz CT molecular complexity index is 1100. The lowest BCUT2D eigenvalue weighted by atomic mass is 10.2. The molecule has 0 radical (unpaired) electrons. The largest absolute Gasteiger partial charge is 0.454 e. The number of ether oxygens (including phenoxy) is 1. The van der Waals surface area contributed by atoms with Gasteiger partial charge in [-0.15, -0.1) is 0 Å². The van der Waals surface area contributed by atoms with Gasteiger partial charge in [-0.25, -0.2) is 8.42 Å². The van der Waals surface area contributed by atoms with Gasteiger partial charge in [0.2, 0.25) is 10.0 Å². The summed E-state index contributed by atoms with van der Waals surface area (Å²) in [7, 11) is -3.76. The van der Waals surface area contributed by atoms with Crippen LogP contribution in [0, 0.1) is 18.3 Å². The first kappa shape index (κ1) is 24.2. The van der Waals surface area contributed by atoms with Crippen molar-refractivity contribution >= 4 is 44.9 Å². The van der Waals surface area contributed by atoms with Gasteiger partial charge in [-0.3, -0.25) is 13.9 Å². The average molecular weight is 464 g/mol. The van der Waals surface area contributed by atoms with Crippen LogP contribution in [0.2, 0.25) is 5.02 Å². The number of esters is 1. The van der Waals surface area contributed by atoms with Gasteiger partial charge in [0.05, 0.1) is 24.4 Å². The van der Waals surface area contributed by atoms with Gasteiger partial charge in [0, 0.05) is 17.3 Å². The number of nitrogens with zero attached hydrogens (tertiary/aromatic N) is 3. The molecule has 1 amide bonds. The van der Waals surface area contributed by atoms with E-state index in [1.807, 2.05) is 6.07 Å².